The molecule has 1 amide bonds. The van der Waals surface area contributed by atoms with Crippen LogP contribution in [0.25, 0.3) is 10.6 Å². The van der Waals surface area contributed by atoms with Gasteiger partial charge >= 0.3 is 12.1 Å². The molecule has 2 aromatic rings. The Bertz CT molecular complexity index is 850. The highest BCUT2D eigenvalue weighted by molar-refractivity contribution is 7.13. The number of hydrogen-bond donors (Lipinski definition) is 1. The van der Waals surface area contributed by atoms with Crippen LogP contribution in [-0.4, -0.2) is 46.1 Å². The van der Waals surface area contributed by atoms with E-state index in [2.05, 4.69) is 4.98 Å². The predicted molar refractivity (Wildman–Crippen MR) is 88.9 cm³/mol. The monoisotopic (exact) mass is 384 g/mol. The van der Waals surface area contributed by atoms with Crippen molar-refractivity contribution in [2.45, 2.75) is 13.1 Å². The van der Waals surface area contributed by atoms with E-state index in [0.29, 0.717) is 5.01 Å². The first-order valence-corrected chi connectivity index (χ1v) is 8.66. The van der Waals surface area contributed by atoms with E-state index >= 15 is 0 Å². The van der Waals surface area contributed by atoms with E-state index in [-0.39, 0.29) is 5.69 Å². The van der Waals surface area contributed by atoms with E-state index in [1.807, 2.05) is 31.2 Å². The second kappa shape index (κ2) is 6.71. The van der Waals surface area contributed by atoms with Crippen molar-refractivity contribution in [2.24, 2.45) is 11.8 Å². The van der Waals surface area contributed by atoms with Gasteiger partial charge in [0.1, 0.15) is 10.7 Å². The summed E-state index contributed by atoms with van der Waals surface area (Å²) in [7, 11) is 0. The van der Waals surface area contributed by atoms with Crippen molar-refractivity contribution in [1.82, 2.24) is 9.88 Å². The summed E-state index contributed by atoms with van der Waals surface area (Å²) >= 11 is 1.22. The van der Waals surface area contributed by atoms with Gasteiger partial charge in [0, 0.05) is 24.0 Å². The van der Waals surface area contributed by atoms with Gasteiger partial charge in [-0.25, -0.2) is 4.98 Å². The topological polar surface area (TPSA) is 70.5 Å². The van der Waals surface area contributed by atoms with Crippen molar-refractivity contribution in [2.75, 3.05) is 13.1 Å². The number of halogens is 3. The average molecular weight is 384 g/mol. The van der Waals surface area contributed by atoms with Crippen LogP contribution in [0.4, 0.5) is 13.2 Å². The zero-order valence-electron chi connectivity index (χ0n) is 13.7. The number of aliphatic carboxylic acids is 1. The molecule has 0 spiro atoms. The van der Waals surface area contributed by atoms with Gasteiger partial charge in [-0.05, 0) is 12.5 Å². The van der Waals surface area contributed by atoms with Crippen molar-refractivity contribution in [3.8, 4) is 10.6 Å². The lowest BCUT2D eigenvalue weighted by Gasteiger charge is -2.18. The van der Waals surface area contributed by atoms with Crippen LogP contribution in [-0.2, 0) is 4.79 Å². The van der Waals surface area contributed by atoms with Crippen LogP contribution in [0.1, 0.15) is 16.1 Å². The lowest BCUT2D eigenvalue weighted by molar-refractivity contribution is -0.187. The highest BCUT2D eigenvalue weighted by atomic mass is 32.1. The molecule has 0 unspecified atom stereocenters. The number of amides is 1. The number of carboxylic acid groups (broad SMARTS) is 1. The molecule has 2 atom stereocenters. The molecule has 1 aliphatic heterocycles. The molecule has 26 heavy (non-hydrogen) atoms. The third kappa shape index (κ3) is 3.44. The quantitative estimate of drug-likeness (QED) is 0.880. The van der Waals surface area contributed by atoms with Crippen molar-refractivity contribution in [1.29, 1.82) is 0 Å². The largest absolute Gasteiger partial charge is 0.481 e. The van der Waals surface area contributed by atoms with Crippen LogP contribution in [0.2, 0.25) is 0 Å². The Hall–Kier alpha value is -2.42. The number of thiazole rings is 1. The number of benzene rings is 1. The van der Waals surface area contributed by atoms with Gasteiger partial charge < -0.3 is 10.0 Å². The van der Waals surface area contributed by atoms with E-state index in [0.717, 1.165) is 16.0 Å². The van der Waals surface area contributed by atoms with Gasteiger partial charge in [-0.1, -0.05) is 24.3 Å². The maximum absolute atomic E-state index is 13.1. The van der Waals surface area contributed by atoms with Gasteiger partial charge in [-0.15, -0.1) is 11.3 Å². The van der Waals surface area contributed by atoms with Gasteiger partial charge in [-0.2, -0.15) is 13.2 Å². The Kier molecular flexibility index (Phi) is 4.74. The number of carbonyl (C=O) groups excluding carboxylic acids is 1. The van der Waals surface area contributed by atoms with Crippen molar-refractivity contribution in [3.63, 3.8) is 0 Å². The summed E-state index contributed by atoms with van der Waals surface area (Å²) in [6.07, 6.45) is -4.67. The zero-order chi connectivity index (χ0) is 19.1. The fraction of sp³-hybridized carbons (Fsp3) is 0.353. The molecule has 0 bridgehead atoms. The van der Waals surface area contributed by atoms with Crippen LogP contribution in [0.5, 0.6) is 0 Å². The number of nitrogens with zero attached hydrogens (tertiary/aromatic N) is 2. The number of carbonyl (C=O) groups is 2. The molecule has 2 heterocycles. The Morgan fingerprint density at radius 3 is 2.54 bits per heavy atom. The van der Waals surface area contributed by atoms with Crippen LogP contribution in [0.3, 0.4) is 0 Å². The first-order chi connectivity index (χ1) is 12.2. The van der Waals surface area contributed by atoms with Crippen LogP contribution in [0.15, 0.2) is 29.6 Å². The fourth-order valence-corrected chi connectivity index (χ4v) is 3.91. The minimum atomic E-state index is -4.67. The SMILES string of the molecule is Cc1ccccc1-c1nc(C(=O)N2C[C@@H](C(F)(F)F)[C@H](C(=O)O)C2)cs1. The summed E-state index contributed by atoms with van der Waals surface area (Å²) in [5.41, 5.74) is 1.83. The number of alkyl halides is 3. The summed E-state index contributed by atoms with van der Waals surface area (Å²) in [4.78, 5) is 28.8. The van der Waals surface area contributed by atoms with E-state index in [1.54, 1.807) is 0 Å². The molecule has 1 fully saturated rings. The molecule has 5 nitrogen and oxygen atoms in total. The molecular formula is C17H15F3N2O3S. The van der Waals surface area contributed by atoms with E-state index in [9.17, 15) is 22.8 Å². The van der Waals surface area contributed by atoms with Gasteiger partial charge in [0.2, 0.25) is 0 Å². The number of likely N-dealkylation sites (tertiary alicyclic amines) is 1. The number of carboxylic acids is 1. The first kappa shape index (κ1) is 18.4. The molecule has 1 saturated heterocycles. The number of hydrogen-bond acceptors (Lipinski definition) is 4. The van der Waals surface area contributed by atoms with Crippen LogP contribution < -0.4 is 0 Å². The van der Waals surface area contributed by atoms with E-state index in [4.69, 9.17) is 5.11 Å². The molecule has 3 rings (SSSR count). The smallest absolute Gasteiger partial charge is 0.394 e. The molecule has 1 aliphatic rings. The number of rotatable bonds is 3. The maximum atomic E-state index is 13.1. The zero-order valence-corrected chi connectivity index (χ0v) is 14.5. The van der Waals surface area contributed by atoms with Crippen molar-refractivity contribution < 1.29 is 27.9 Å². The molecule has 0 saturated carbocycles. The Morgan fingerprint density at radius 1 is 1.27 bits per heavy atom. The molecule has 1 aromatic heterocycles. The Morgan fingerprint density at radius 2 is 1.96 bits per heavy atom. The number of aromatic nitrogens is 1. The highest BCUT2D eigenvalue weighted by Gasteiger charge is 2.53. The normalized spacial score (nSPS) is 20.4. The summed E-state index contributed by atoms with van der Waals surface area (Å²) in [6, 6.07) is 7.44. The summed E-state index contributed by atoms with van der Waals surface area (Å²) < 4.78 is 39.2. The van der Waals surface area contributed by atoms with Crippen LogP contribution >= 0.6 is 11.3 Å². The minimum absolute atomic E-state index is 0.0280. The second-order valence-corrected chi connectivity index (χ2v) is 7.01. The molecule has 1 aromatic carbocycles. The standard InChI is InChI=1S/C17H15F3N2O3S/c1-9-4-2-3-5-10(9)14-21-13(8-26-14)15(23)22-6-11(16(24)25)12(7-22)17(18,19)20/h2-5,8,11-12H,6-7H2,1H3,(H,24,25)/t11-,12-/m1/s1. The molecule has 0 aliphatic carbocycles. The molecule has 138 valence electrons. The summed E-state index contributed by atoms with van der Waals surface area (Å²) in [5, 5.41) is 11.1. The van der Waals surface area contributed by atoms with E-state index in [1.165, 1.54) is 16.7 Å². The lowest BCUT2D eigenvalue weighted by atomic mass is 9.96. The predicted octanol–water partition coefficient (Wildman–Crippen LogP) is 3.45. The first-order valence-electron chi connectivity index (χ1n) is 7.79. The average Bonchev–Trinajstić information content (AvgIpc) is 3.22. The third-order valence-electron chi connectivity index (χ3n) is 4.44. The molecular weight excluding hydrogens is 369 g/mol. The molecule has 9 heteroatoms. The summed E-state index contributed by atoms with van der Waals surface area (Å²) in [5.74, 6) is -5.97. The van der Waals surface area contributed by atoms with Crippen molar-refractivity contribution in [3.05, 3.63) is 40.9 Å². The van der Waals surface area contributed by atoms with Gasteiger partial charge in [-0.3, -0.25) is 9.59 Å². The van der Waals surface area contributed by atoms with Crippen molar-refractivity contribution >= 4 is 23.2 Å². The van der Waals surface area contributed by atoms with Gasteiger partial charge in [0.25, 0.3) is 5.91 Å². The van der Waals surface area contributed by atoms with E-state index < -0.39 is 43.0 Å². The second-order valence-electron chi connectivity index (χ2n) is 6.16. The lowest BCUT2D eigenvalue weighted by Crippen LogP contribution is -2.34. The van der Waals surface area contributed by atoms with Crippen LogP contribution in [0, 0.1) is 18.8 Å². The number of aryl methyl sites for hydroxylation is 1. The Labute approximate surface area is 151 Å². The minimum Gasteiger partial charge on any atom is -0.481 e. The maximum Gasteiger partial charge on any atom is 0.394 e. The van der Waals surface area contributed by atoms with Gasteiger partial charge in [0.15, 0.2) is 0 Å². The highest BCUT2D eigenvalue weighted by Crippen LogP contribution is 2.38. The fourth-order valence-electron chi connectivity index (χ4n) is 3.02. The third-order valence-corrected chi connectivity index (χ3v) is 5.32. The summed E-state index contributed by atoms with van der Waals surface area (Å²) in [6.45, 7) is 0.746. The molecule has 1 N–H and O–H groups in total. The van der Waals surface area contributed by atoms with Gasteiger partial charge in [0.05, 0.1) is 11.8 Å². The Balaban J connectivity index is 1.82. The molecule has 0 radical (unpaired) electrons.